The lowest BCUT2D eigenvalue weighted by Gasteiger charge is -2.37. The van der Waals surface area contributed by atoms with Crippen LogP contribution in [0.3, 0.4) is 0 Å². The second kappa shape index (κ2) is 10.00. The summed E-state index contributed by atoms with van der Waals surface area (Å²) in [5.74, 6) is 0.636. The van der Waals surface area contributed by atoms with Crippen molar-refractivity contribution >= 4 is 6.09 Å². The van der Waals surface area contributed by atoms with Gasteiger partial charge in [0.1, 0.15) is 5.60 Å². The third kappa shape index (κ3) is 11.8. The lowest BCUT2D eigenvalue weighted by molar-refractivity contribution is -0.105. The van der Waals surface area contributed by atoms with Crippen molar-refractivity contribution in [2.24, 2.45) is 11.3 Å². The van der Waals surface area contributed by atoms with E-state index in [9.17, 15) is 4.79 Å². The van der Waals surface area contributed by atoms with Crippen molar-refractivity contribution < 1.29 is 19.0 Å². The van der Waals surface area contributed by atoms with Gasteiger partial charge in [-0.3, -0.25) is 0 Å². The molecule has 0 saturated carbocycles. The van der Waals surface area contributed by atoms with Crippen LogP contribution in [0.1, 0.15) is 94.9 Å². The first-order chi connectivity index (χ1) is 13.0. The van der Waals surface area contributed by atoms with Crippen molar-refractivity contribution in [3.05, 3.63) is 0 Å². The lowest BCUT2D eigenvalue weighted by atomic mass is 9.81. The predicted octanol–water partition coefficient (Wildman–Crippen LogP) is 6.05. The second-order valence-corrected chi connectivity index (χ2v) is 12.1. The Morgan fingerprint density at radius 3 is 1.62 bits per heavy atom. The standard InChI is InChI=1S/C24H47NO4/c1-21(2,3)27-17-24(10,18-28-22(4,5)6)14-11-19-12-15-25(16-13-19)20(26)29-23(7,8)9/h19H,11-18H2,1-10H3. The lowest BCUT2D eigenvalue weighted by Crippen LogP contribution is -2.42. The minimum absolute atomic E-state index is 0.0111. The monoisotopic (exact) mass is 413 g/mol. The van der Waals surface area contributed by atoms with Crippen molar-refractivity contribution in [2.75, 3.05) is 26.3 Å². The Hall–Kier alpha value is -0.810. The average molecular weight is 414 g/mol. The molecule has 0 unspecified atom stereocenters. The number of piperidine rings is 1. The van der Waals surface area contributed by atoms with Gasteiger partial charge in [-0.25, -0.2) is 4.79 Å². The van der Waals surface area contributed by atoms with E-state index in [0.717, 1.165) is 38.8 Å². The van der Waals surface area contributed by atoms with E-state index in [-0.39, 0.29) is 22.7 Å². The van der Waals surface area contributed by atoms with Gasteiger partial charge in [-0.05, 0) is 93.9 Å². The van der Waals surface area contributed by atoms with Crippen LogP contribution >= 0.6 is 0 Å². The molecule has 0 aliphatic carbocycles. The van der Waals surface area contributed by atoms with Crippen molar-refractivity contribution in [3.63, 3.8) is 0 Å². The highest BCUT2D eigenvalue weighted by molar-refractivity contribution is 5.68. The molecule has 29 heavy (non-hydrogen) atoms. The van der Waals surface area contributed by atoms with Crippen molar-refractivity contribution in [3.8, 4) is 0 Å². The molecule has 1 aliphatic rings. The number of likely N-dealkylation sites (tertiary alicyclic amines) is 1. The minimum Gasteiger partial charge on any atom is -0.444 e. The Morgan fingerprint density at radius 1 is 0.793 bits per heavy atom. The SMILES string of the molecule is CC(CCC1CCN(C(=O)OC(C)(C)C)CC1)(COC(C)(C)C)COC(C)(C)C. The molecule has 0 radical (unpaired) electrons. The molecule has 0 bridgehead atoms. The number of amides is 1. The summed E-state index contributed by atoms with van der Waals surface area (Å²) >= 11 is 0. The van der Waals surface area contributed by atoms with Gasteiger partial charge in [0.05, 0.1) is 24.4 Å². The molecule has 1 aliphatic heterocycles. The van der Waals surface area contributed by atoms with Gasteiger partial charge in [0, 0.05) is 18.5 Å². The van der Waals surface area contributed by atoms with Gasteiger partial charge in [-0.1, -0.05) is 6.92 Å². The fourth-order valence-electron chi connectivity index (χ4n) is 3.25. The molecule has 1 rings (SSSR count). The predicted molar refractivity (Wildman–Crippen MR) is 119 cm³/mol. The zero-order chi connectivity index (χ0) is 22.5. The summed E-state index contributed by atoms with van der Waals surface area (Å²) in [6, 6.07) is 0. The topological polar surface area (TPSA) is 48.0 Å². The first-order valence-electron chi connectivity index (χ1n) is 11.2. The van der Waals surface area contributed by atoms with E-state index in [4.69, 9.17) is 14.2 Å². The van der Waals surface area contributed by atoms with E-state index >= 15 is 0 Å². The fraction of sp³-hybridized carbons (Fsp3) is 0.958. The first-order valence-corrected chi connectivity index (χ1v) is 11.2. The van der Waals surface area contributed by atoms with E-state index in [1.165, 1.54) is 0 Å². The zero-order valence-electron chi connectivity index (χ0n) is 20.8. The maximum absolute atomic E-state index is 12.3. The van der Waals surface area contributed by atoms with Crippen molar-refractivity contribution in [1.29, 1.82) is 0 Å². The maximum atomic E-state index is 12.3. The average Bonchev–Trinajstić information content (AvgIpc) is 2.54. The normalized spacial score (nSPS) is 17.5. The van der Waals surface area contributed by atoms with Gasteiger partial charge < -0.3 is 19.1 Å². The Labute approximate surface area is 179 Å². The van der Waals surface area contributed by atoms with Crippen molar-refractivity contribution in [2.45, 2.75) is 112 Å². The zero-order valence-corrected chi connectivity index (χ0v) is 20.8. The molecule has 0 aromatic carbocycles. The van der Waals surface area contributed by atoms with Gasteiger partial charge in [-0.15, -0.1) is 0 Å². The van der Waals surface area contributed by atoms with Crippen LogP contribution in [-0.2, 0) is 14.2 Å². The first kappa shape index (κ1) is 26.2. The number of rotatable bonds is 7. The van der Waals surface area contributed by atoms with Crippen LogP contribution in [0.2, 0.25) is 0 Å². The van der Waals surface area contributed by atoms with E-state index in [1.807, 2.05) is 25.7 Å². The van der Waals surface area contributed by atoms with E-state index in [1.54, 1.807) is 0 Å². The van der Waals surface area contributed by atoms with Crippen LogP contribution < -0.4 is 0 Å². The molecule has 5 nitrogen and oxygen atoms in total. The molecule has 0 aromatic heterocycles. The van der Waals surface area contributed by atoms with Crippen molar-refractivity contribution in [1.82, 2.24) is 4.90 Å². The molecular weight excluding hydrogens is 366 g/mol. The molecule has 0 aromatic rings. The number of hydrogen-bond acceptors (Lipinski definition) is 4. The summed E-state index contributed by atoms with van der Waals surface area (Å²) < 4.78 is 17.8. The van der Waals surface area contributed by atoms with Crippen LogP contribution in [0.25, 0.3) is 0 Å². The summed E-state index contributed by atoms with van der Waals surface area (Å²) in [7, 11) is 0. The summed E-state index contributed by atoms with van der Waals surface area (Å²) in [5, 5.41) is 0. The second-order valence-electron chi connectivity index (χ2n) is 12.1. The molecule has 1 saturated heterocycles. The Morgan fingerprint density at radius 2 is 1.24 bits per heavy atom. The van der Waals surface area contributed by atoms with Gasteiger partial charge >= 0.3 is 6.09 Å². The molecule has 1 heterocycles. The highest BCUT2D eigenvalue weighted by Gasteiger charge is 2.32. The molecule has 0 N–H and O–H groups in total. The van der Waals surface area contributed by atoms with Crippen LogP contribution in [0, 0.1) is 11.3 Å². The highest BCUT2D eigenvalue weighted by Crippen LogP contribution is 2.33. The molecule has 0 spiro atoms. The number of ether oxygens (including phenoxy) is 3. The Kier molecular flexibility index (Phi) is 9.04. The van der Waals surface area contributed by atoms with E-state index in [2.05, 4.69) is 48.5 Å². The quantitative estimate of drug-likeness (QED) is 0.510. The largest absolute Gasteiger partial charge is 0.444 e. The number of nitrogens with zero attached hydrogens (tertiary/aromatic N) is 1. The van der Waals surface area contributed by atoms with E-state index < -0.39 is 5.60 Å². The number of hydrogen-bond donors (Lipinski definition) is 0. The summed E-state index contributed by atoms with van der Waals surface area (Å²) in [6.45, 7) is 23.6. The van der Waals surface area contributed by atoms with Gasteiger partial charge in [0.25, 0.3) is 0 Å². The molecular formula is C24H47NO4. The van der Waals surface area contributed by atoms with Crippen LogP contribution in [0.5, 0.6) is 0 Å². The van der Waals surface area contributed by atoms with Gasteiger partial charge in [0.15, 0.2) is 0 Å². The fourth-order valence-corrected chi connectivity index (χ4v) is 3.25. The van der Waals surface area contributed by atoms with Crippen LogP contribution in [0.4, 0.5) is 4.79 Å². The summed E-state index contributed by atoms with van der Waals surface area (Å²) in [4.78, 5) is 14.1. The molecule has 1 amide bonds. The number of carbonyl (C=O) groups is 1. The third-order valence-corrected chi connectivity index (χ3v) is 5.13. The highest BCUT2D eigenvalue weighted by atomic mass is 16.6. The van der Waals surface area contributed by atoms with Crippen LogP contribution in [0.15, 0.2) is 0 Å². The molecule has 172 valence electrons. The summed E-state index contributed by atoms with van der Waals surface area (Å²) in [6.07, 6.45) is 4.10. The smallest absolute Gasteiger partial charge is 0.410 e. The minimum atomic E-state index is -0.435. The van der Waals surface area contributed by atoms with E-state index in [0.29, 0.717) is 19.1 Å². The molecule has 1 fully saturated rings. The third-order valence-electron chi connectivity index (χ3n) is 5.13. The Balaban J connectivity index is 2.56. The number of carbonyl (C=O) groups excluding carboxylic acids is 1. The Bertz CT molecular complexity index is 484. The molecule has 5 heteroatoms. The maximum Gasteiger partial charge on any atom is 0.410 e. The van der Waals surface area contributed by atoms with Crippen LogP contribution in [-0.4, -0.2) is 54.1 Å². The van der Waals surface area contributed by atoms with Gasteiger partial charge in [-0.2, -0.15) is 0 Å². The van der Waals surface area contributed by atoms with Gasteiger partial charge in [0.2, 0.25) is 0 Å². The molecule has 0 atom stereocenters. The summed E-state index contributed by atoms with van der Waals surface area (Å²) in [5.41, 5.74) is -0.748.